The van der Waals surface area contributed by atoms with Gasteiger partial charge in [-0.05, 0) is 24.2 Å². The van der Waals surface area contributed by atoms with Gasteiger partial charge in [-0.15, -0.1) is 0 Å². The van der Waals surface area contributed by atoms with Crippen molar-refractivity contribution in [1.29, 1.82) is 0 Å². The molecule has 2 atom stereocenters. The van der Waals surface area contributed by atoms with E-state index in [1.165, 1.54) is 6.42 Å². The maximum atomic E-state index is 11.7. The molecule has 104 valence electrons. The van der Waals surface area contributed by atoms with E-state index in [9.17, 15) is 9.59 Å². The zero-order valence-electron chi connectivity index (χ0n) is 11.5. The van der Waals surface area contributed by atoms with E-state index in [4.69, 9.17) is 5.11 Å². The lowest BCUT2D eigenvalue weighted by Crippen LogP contribution is -2.51. The molecule has 3 N–H and O–H groups in total. The molecular weight excluding hydrogens is 232 g/mol. The minimum atomic E-state index is -0.977. The minimum absolute atomic E-state index is 0.0764. The first kappa shape index (κ1) is 14.8. The molecule has 1 rings (SSSR count). The summed E-state index contributed by atoms with van der Waals surface area (Å²) in [7, 11) is 0. The van der Waals surface area contributed by atoms with Gasteiger partial charge in [-0.1, -0.05) is 33.6 Å². The van der Waals surface area contributed by atoms with Crippen molar-refractivity contribution in [3.8, 4) is 0 Å². The summed E-state index contributed by atoms with van der Waals surface area (Å²) in [6, 6.07) is -1.19. The van der Waals surface area contributed by atoms with Crippen molar-refractivity contribution in [1.82, 2.24) is 10.6 Å². The molecule has 1 aliphatic rings. The van der Waals surface area contributed by atoms with Gasteiger partial charge in [0.25, 0.3) is 0 Å². The number of rotatable bonds is 6. The monoisotopic (exact) mass is 256 g/mol. The molecule has 18 heavy (non-hydrogen) atoms. The summed E-state index contributed by atoms with van der Waals surface area (Å²) in [4.78, 5) is 22.7. The minimum Gasteiger partial charge on any atom is -0.480 e. The van der Waals surface area contributed by atoms with E-state index in [2.05, 4.69) is 17.6 Å². The van der Waals surface area contributed by atoms with Crippen molar-refractivity contribution < 1.29 is 14.7 Å². The fraction of sp³-hybridized carbons (Fsp3) is 0.846. The molecule has 1 saturated carbocycles. The zero-order valence-corrected chi connectivity index (χ0v) is 11.5. The molecule has 0 unspecified atom stereocenters. The summed E-state index contributed by atoms with van der Waals surface area (Å²) in [6.45, 7) is 6.49. The standard InChI is InChI=1S/C13H24N2O3/c1-4-9(2)10(11(16)17)15-12(18)14-8-13(3)6-5-7-13/h9-10H,4-8H2,1-3H3,(H,16,17)(H2,14,15,18)/t9-,10-/m0/s1. The van der Waals surface area contributed by atoms with Gasteiger partial charge in [-0.3, -0.25) is 0 Å². The maximum absolute atomic E-state index is 11.7. The lowest BCUT2D eigenvalue weighted by Gasteiger charge is -2.38. The van der Waals surface area contributed by atoms with Crippen LogP contribution >= 0.6 is 0 Å². The van der Waals surface area contributed by atoms with Crippen LogP contribution < -0.4 is 10.6 Å². The maximum Gasteiger partial charge on any atom is 0.326 e. The number of carbonyl (C=O) groups excluding carboxylic acids is 1. The van der Waals surface area contributed by atoms with Crippen LogP contribution in [0.4, 0.5) is 4.79 Å². The van der Waals surface area contributed by atoms with Crippen LogP contribution in [0, 0.1) is 11.3 Å². The van der Waals surface area contributed by atoms with Gasteiger partial charge in [-0.25, -0.2) is 9.59 Å². The average Bonchev–Trinajstić information content (AvgIpc) is 2.29. The van der Waals surface area contributed by atoms with E-state index in [1.807, 2.05) is 13.8 Å². The second kappa shape index (κ2) is 6.07. The second-order valence-electron chi connectivity index (χ2n) is 5.69. The van der Waals surface area contributed by atoms with Crippen molar-refractivity contribution in [3.63, 3.8) is 0 Å². The van der Waals surface area contributed by atoms with E-state index in [0.29, 0.717) is 6.54 Å². The molecule has 5 nitrogen and oxygen atoms in total. The average molecular weight is 256 g/mol. The van der Waals surface area contributed by atoms with Crippen molar-refractivity contribution in [2.24, 2.45) is 11.3 Å². The number of hydrogen-bond acceptors (Lipinski definition) is 2. The largest absolute Gasteiger partial charge is 0.480 e. The van der Waals surface area contributed by atoms with Crippen LogP contribution in [0.3, 0.4) is 0 Å². The predicted octanol–water partition coefficient (Wildman–Crippen LogP) is 1.98. The smallest absolute Gasteiger partial charge is 0.326 e. The Bertz CT molecular complexity index is 313. The molecule has 0 aromatic carbocycles. The molecule has 1 aliphatic carbocycles. The first-order valence-electron chi connectivity index (χ1n) is 6.65. The number of urea groups is 1. The Hall–Kier alpha value is -1.26. The molecule has 0 radical (unpaired) electrons. The molecule has 0 aromatic rings. The number of hydrogen-bond donors (Lipinski definition) is 3. The fourth-order valence-corrected chi connectivity index (χ4v) is 2.13. The highest BCUT2D eigenvalue weighted by Gasteiger charge is 2.32. The highest BCUT2D eigenvalue weighted by atomic mass is 16.4. The Labute approximate surface area is 108 Å². The quantitative estimate of drug-likeness (QED) is 0.680. The van der Waals surface area contributed by atoms with E-state index < -0.39 is 12.0 Å². The Morgan fingerprint density at radius 1 is 1.39 bits per heavy atom. The summed E-state index contributed by atoms with van der Waals surface area (Å²) >= 11 is 0. The summed E-state index contributed by atoms with van der Waals surface area (Å²) in [5.41, 5.74) is 0.201. The van der Waals surface area contributed by atoms with E-state index in [1.54, 1.807) is 0 Å². The number of nitrogens with one attached hydrogen (secondary N) is 2. The van der Waals surface area contributed by atoms with Gasteiger partial charge < -0.3 is 15.7 Å². The van der Waals surface area contributed by atoms with Crippen LogP contribution in [0.2, 0.25) is 0 Å². The summed E-state index contributed by atoms with van der Waals surface area (Å²) in [5.74, 6) is -1.05. The third kappa shape index (κ3) is 3.89. The number of aliphatic carboxylic acids is 1. The number of carboxylic acids is 1. The molecule has 5 heteroatoms. The number of carbonyl (C=O) groups is 2. The van der Waals surface area contributed by atoms with Crippen molar-refractivity contribution in [2.45, 2.75) is 52.5 Å². The SMILES string of the molecule is CC[C@H](C)[C@H](NC(=O)NCC1(C)CCC1)C(=O)O. The molecule has 1 fully saturated rings. The lowest BCUT2D eigenvalue weighted by atomic mass is 9.70. The molecule has 0 spiro atoms. The zero-order chi connectivity index (χ0) is 13.8. The Balaban J connectivity index is 2.39. The van der Waals surface area contributed by atoms with Crippen LogP contribution in [-0.4, -0.2) is 29.7 Å². The first-order chi connectivity index (χ1) is 8.38. The molecular formula is C13H24N2O3. The van der Waals surface area contributed by atoms with E-state index in [0.717, 1.165) is 19.3 Å². The molecule has 2 amide bonds. The first-order valence-corrected chi connectivity index (χ1v) is 6.65. The van der Waals surface area contributed by atoms with E-state index >= 15 is 0 Å². The van der Waals surface area contributed by atoms with Crippen molar-refractivity contribution in [3.05, 3.63) is 0 Å². The molecule has 0 bridgehead atoms. The van der Waals surface area contributed by atoms with Crippen LogP contribution in [0.1, 0.15) is 46.5 Å². The Morgan fingerprint density at radius 2 is 2.00 bits per heavy atom. The molecule has 0 heterocycles. The Morgan fingerprint density at radius 3 is 2.39 bits per heavy atom. The van der Waals surface area contributed by atoms with Gasteiger partial charge in [0.1, 0.15) is 6.04 Å². The van der Waals surface area contributed by atoms with Crippen LogP contribution in [0.5, 0.6) is 0 Å². The van der Waals surface area contributed by atoms with Gasteiger partial charge in [0.2, 0.25) is 0 Å². The third-order valence-electron chi connectivity index (χ3n) is 4.00. The van der Waals surface area contributed by atoms with Gasteiger partial charge in [-0.2, -0.15) is 0 Å². The number of amides is 2. The lowest BCUT2D eigenvalue weighted by molar-refractivity contribution is -0.140. The highest BCUT2D eigenvalue weighted by Crippen LogP contribution is 2.39. The third-order valence-corrected chi connectivity index (χ3v) is 4.00. The summed E-state index contributed by atoms with van der Waals surface area (Å²) in [5, 5.41) is 14.4. The summed E-state index contributed by atoms with van der Waals surface area (Å²) < 4.78 is 0. The second-order valence-corrected chi connectivity index (χ2v) is 5.69. The van der Waals surface area contributed by atoms with Gasteiger partial charge in [0, 0.05) is 6.54 Å². The van der Waals surface area contributed by atoms with Crippen LogP contribution in [0.15, 0.2) is 0 Å². The van der Waals surface area contributed by atoms with Gasteiger partial charge >= 0.3 is 12.0 Å². The normalized spacial score (nSPS) is 20.4. The van der Waals surface area contributed by atoms with Gasteiger partial charge in [0.05, 0.1) is 0 Å². The number of carboxylic acid groups (broad SMARTS) is 1. The highest BCUT2D eigenvalue weighted by molar-refractivity contribution is 5.82. The topological polar surface area (TPSA) is 78.4 Å². The molecule has 0 aromatic heterocycles. The fourth-order valence-electron chi connectivity index (χ4n) is 2.13. The predicted molar refractivity (Wildman–Crippen MR) is 69.4 cm³/mol. The van der Waals surface area contributed by atoms with Crippen LogP contribution in [0.25, 0.3) is 0 Å². The van der Waals surface area contributed by atoms with Crippen LogP contribution in [-0.2, 0) is 4.79 Å². The summed E-state index contributed by atoms with van der Waals surface area (Å²) in [6.07, 6.45) is 4.18. The molecule has 0 saturated heterocycles. The van der Waals surface area contributed by atoms with Crippen molar-refractivity contribution in [2.75, 3.05) is 6.54 Å². The Kier molecular flexibility index (Phi) is 4.99. The van der Waals surface area contributed by atoms with Crippen molar-refractivity contribution >= 4 is 12.0 Å². The van der Waals surface area contributed by atoms with Gasteiger partial charge in [0.15, 0.2) is 0 Å². The van der Waals surface area contributed by atoms with E-state index in [-0.39, 0.29) is 17.4 Å². The molecule has 0 aliphatic heterocycles.